The van der Waals surface area contributed by atoms with Crippen LogP contribution in [0.4, 0.5) is 0 Å². The highest BCUT2D eigenvalue weighted by molar-refractivity contribution is 14.0. The Morgan fingerprint density at radius 1 is 1.35 bits per heavy atom. The number of furan rings is 1. The standard InChI is InChI=1S/C19H33N3O3.HI/c1-4-20-18(21-12-7-13-24-16-8-5-6-9-16)22-14-19(3,23)17-11-10-15(2)25-17;/h10-11,16,23H,4-9,12-14H2,1-3H3,(H2,20,21,22);1H. The number of guanidine groups is 1. The Labute approximate surface area is 174 Å². The molecule has 1 fully saturated rings. The number of aryl methyl sites for hydroxylation is 1. The molecule has 150 valence electrons. The first-order chi connectivity index (χ1) is 12.0. The zero-order valence-corrected chi connectivity index (χ0v) is 18.5. The lowest BCUT2D eigenvalue weighted by molar-refractivity contribution is 0.0428. The first kappa shape index (κ1) is 23.2. The molecule has 0 saturated heterocycles. The number of rotatable bonds is 9. The van der Waals surface area contributed by atoms with Crippen LogP contribution in [0.3, 0.4) is 0 Å². The first-order valence-corrected chi connectivity index (χ1v) is 9.44. The molecule has 0 spiro atoms. The van der Waals surface area contributed by atoms with Crippen LogP contribution in [0.25, 0.3) is 0 Å². The molecule has 1 aromatic rings. The van der Waals surface area contributed by atoms with E-state index in [-0.39, 0.29) is 30.5 Å². The SMILES string of the molecule is CCNC(=NCC(C)(O)c1ccc(C)o1)NCCCOC1CCCC1.I. The Hall–Kier alpha value is -0.800. The monoisotopic (exact) mass is 479 g/mol. The molecule has 26 heavy (non-hydrogen) atoms. The fourth-order valence-electron chi connectivity index (χ4n) is 2.96. The Kier molecular flexibility index (Phi) is 10.6. The molecule has 0 aromatic carbocycles. The van der Waals surface area contributed by atoms with Crippen molar-refractivity contribution in [3.05, 3.63) is 23.7 Å². The van der Waals surface area contributed by atoms with Crippen LogP contribution in [-0.2, 0) is 10.3 Å². The zero-order chi connectivity index (χ0) is 18.1. The number of nitrogens with one attached hydrogen (secondary N) is 2. The fourth-order valence-corrected chi connectivity index (χ4v) is 2.96. The van der Waals surface area contributed by atoms with Crippen LogP contribution in [0.2, 0.25) is 0 Å². The lowest BCUT2D eigenvalue weighted by atomic mass is 10.0. The molecule has 1 aliphatic carbocycles. The van der Waals surface area contributed by atoms with Crippen LogP contribution in [0, 0.1) is 6.92 Å². The van der Waals surface area contributed by atoms with Crippen LogP contribution in [-0.4, -0.2) is 43.4 Å². The fraction of sp³-hybridized carbons (Fsp3) is 0.737. The zero-order valence-electron chi connectivity index (χ0n) is 16.2. The third-order valence-corrected chi connectivity index (χ3v) is 4.43. The highest BCUT2D eigenvalue weighted by Crippen LogP contribution is 2.23. The predicted octanol–water partition coefficient (Wildman–Crippen LogP) is 3.32. The summed E-state index contributed by atoms with van der Waals surface area (Å²) in [7, 11) is 0. The van der Waals surface area contributed by atoms with Gasteiger partial charge in [-0.2, -0.15) is 0 Å². The topological polar surface area (TPSA) is 79.0 Å². The summed E-state index contributed by atoms with van der Waals surface area (Å²) < 4.78 is 11.4. The van der Waals surface area contributed by atoms with E-state index in [0.717, 1.165) is 31.9 Å². The third kappa shape index (κ3) is 7.84. The molecule has 1 saturated carbocycles. The molecule has 0 bridgehead atoms. The van der Waals surface area contributed by atoms with Crippen molar-refractivity contribution in [2.75, 3.05) is 26.2 Å². The number of nitrogens with zero attached hydrogens (tertiary/aromatic N) is 1. The van der Waals surface area contributed by atoms with Crippen LogP contribution in [0.1, 0.15) is 57.5 Å². The van der Waals surface area contributed by atoms with Gasteiger partial charge in [-0.25, -0.2) is 4.99 Å². The van der Waals surface area contributed by atoms with Crippen LogP contribution in [0.5, 0.6) is 0 Å². The second-order valence-corrected chi connectivity index (χ2v) is 6.94. The molecular formula is C19H34IN3O3. The van der Waals surface area contributed by atoms with Crippen molar-refractivity contribution in [1.82, 2.24) is 10.6 Å². The number of hydrogen-bond acceptors (Lipinski definition) is 4. The number of hydrogen-bond donors (Lipinski definition) is 3. The summed E-state index contributed by atoms with van der Waals surface area (Å²) in [6.45, 7) is 8.17. The van der Waals surface area contributed by atoms with Crippen molar-refractivity contribution in [1.29, 1.82) is 0 Å². The van der Waals surface area contributed by atoms with E-state index in [9.17, 15) is 5.11 Å². The van der Waals surface area contributed by atoms with Crippen molar-refractivity contribution >= 4 is 29.9 Å². The minimum Gasteiger partial charge on any atom is -0.463 e. The molecular weight excluding hydrogens is 445 g/mol. The molecule has 6 nitrogen and oxygen atoms in total. The Morgan fingerprint density at radius 3 is 2.69 bits per heavy atom. The van der Waals surface area contributed by atoms with Crippen molar-refractivity contribution < 1.29 is 14.3 Å². The van der Waals surface area contributed by atoms with Gasteiger partial charge in [0.15, 0.2) is 5.96 Å². The predicted molar refractivity (Wildman–Crippen MR) is 115 cm³/mol. The van der Waals surface area contributed by atoms with E-state index in [1.807, 2.05) is 19.9 Å². The average Bonchev–Trinajstić information content (AvgIpc) is 3.24. The smallest absolute Gasteiger partial charge is 0.191 e. The van der Waals surface area contributed by atoms with Crippen LogP contribution in [0.15, 0.2) is 21.5 Å². The molecule has 0 radical (unpaired) electrons. The van der Waals surface area contributed by atoms with E-state index in [4.69, 9.17) is 9.15 Å². The van der Waals surface area contributed by atoms with Gasteiger partial charge in [-0.1, -0.05) is 12.8 Å². The second-order valence-electron chi connectivity index (χ2n) is 6.94. The van der Waals surface area contributed by atoms with Crippen molar-refractivity contribution in [2.45, 2.75) is 64.6 Å². The largest absolute Gasteiger partial charge is 0.463 e. The number of aliphatic hydroxyl groups is 1. The normalized spacial score (nSPS) is 17.6. The Bertz CT molecular complexity index is 540. The maximum absolute atomic E-state index is 10.6. The Morgan fingerprint density at radius 2 is 2.08 bits per heavy atom. The van der Waals surface area contributed by atoms with Crippen molar-refractivity contribution in [3.63, 3.8) is 0 Å². The number of halogens is 1. The quantitative estimate of drug-likeness (QED) is 0.219. The minimum atomic E-state index is -1.12. The van der Waals surface area contributed by atoms with Gasteiger partial charge in [-0.05, 0) is 52.2 Å². The number of aliphatic imine (C=N–C) groups is 1. The van der Waals surface area contributed by atoms with E-state index >= 15 is 0 Å². The van der Waals surface area contributed by atoms with Crippen molar-refractivity contribution in [2.24, 2.45) is 4.99 Å². The maximum atomic E-state index is 10.6. The molecule has 7 heteroatoms. The summed E-state index contributed by atoms with van der Waals surface area (Å²) in [6.07, 6.45) is 6.42. The van der Waals surface area contributed by atoms with Gasteiger partial charge in [-0.3, -0.25) is 0 Å². The summed E-state index contributed by atoms with van der Waals surface area (Å²) in [5, 5.41) is 17.1. The Balaban J connectivity index is 0.00000338. The molecule has 1 aromatic heterocycles. The van der Waals surface area contributed by atoms with Crippen LogP contribution >= 0.6 is 24.0 Å². The molecule has 1 unspecified atom stereocenters. The lowest BCUT2D eigenvalue weighted by Gasteiger charge is -2.20. The van der Waals surface area contributed by atoms with Gasteiger partial charge in [0.25, 0.3) is 0 Å². The van der Waals surface area contributed by atoms with Crippen LogP contribution < -0.4 is 10.6 Å². The van der Waals surface area contributed by atoms with E-state index in [2.05, 4.69) is 15.6 Å². The number of ether oxygens (including phenoxy) is 1. The first-order valence-electron chi connectivity index (χ1n) is 9.44. The summed E-state index contributed by atoms with van der Waals surface area (Å²) in [5.74, 6) is 2.02. The van der Waals surface area contributed by atoms with Gasteiger partial charge >= 0.3 is 0 Å². The van der Waals surface area contributed by atoms with Gasteiger partial charge in [-0.15, -0.1) is 24.0 Å². The maximum Gasteiger partial charge on any atom is 0.191 e. The third-order valence-electron chi connectivity index (χ3n) is 4.43. The molecule has 1 aliphatic rings. The summed E-state index contributed by atoms with van der Waals surface area (Å²) in [6, 6.07) is 3.65. The summed E-state index contributed by atoms with van der Waals surface area (Å²) in [4.78, 5) is 4.49. The molecule has 1 atom stereocenters. The van der Waals surface area contributed by atoms with Crippen molar-refractivity contribution in [3.8, 4) is 0 Å². The van der Waals surface area contributed by atoms with E-state index in [0.29, 0.717) is 17.8 Å². The molecule has 0 aliphatic heterocycles. The molecule has 1 heterocycles. The van der Waals surface area contributed by atoms with E-state index in [1.165, 1.54) is 25.7 Å². The van der Waals surface area contributed by atoms with E-state index < -0.39 is 5.60 Å². The molecule has 2 rings (SSSR count). The highest BCUT2D eigenvalue weighted by Gasteiger charge is 2.26. The lowest BCUT2D eigenvalue weighted by Crippen LogP contribution is -2.39. The molecule has 0 amide bonds. The molecule has 3 N–H and O–H groups in total. The van der Waals surface area contributed by atoms with Gasteiger partial charge in [0.2, 0.25) is 0 Å². The summed E-state index contributed by atoms with van der Waals surface area (Å²) >= 11 is 0. The van der Waals surface area contributed by atoms with Gasteiger partial charge in [0.1, 0.15) is 17.1 Å². The van der Waals surface area contributed by atoms with Gasteiger partial charge < -0.3 is 24.9 Å². The average molecular weight is 479 g/mol. The van der Waals surface area contributed by atoms with Gasteiger partial charge in [0.05, 0.1) is 12.6 Å². The van der Waals surface area contributed by atoms with E-state index in [1.54, 1.807) is 13.0 Å². The minimum absolute atomic E-state index is 0. The summed E-state index contributed by atoms with van der Waals surface area (Å²) in [5.41, 5.74) is -1.12. The highest BCUT2D eigenvalue weighted by atomic mass is 127. The second kappa shape index (κ2) is 11.8. The van der Waals surface area contributed by atoms with Gasteiger partial charge in [0, 0.05) is 19.7 Å².